The number of ether oxygens (including phenoxy) is 1. The van der Waals surface area contributed by atoms with E-state index in [4.69, 9.17) is 21.2 Å². The number of nitrogen functional groups attached to an aromatic ring is 1. The number of allylic oxidation sites excluding steroid dienone is 2. The average Bonchev–Trinajstić information content (AvgIpc) is 3.63. The van der Waals surface area contributed by atoms with Crippen molar-refractivity contribution in [1.82, 2.24) is 15.1 Å². The standard InChI is InChI=1S/C30H41N7O2S/c1-6-9-19(25(32)18-10-7-12-23-24(18)21(15-31)27(33)40-23)26(38)29-35-30(20-14-16(2)34-28(20)37(29)5)39-17(3)22-11-8-13-36(22)4/h14,17-18,22,28,34H,6-13,32-33H2,1-5H3/b25-19-/t17?,18-,22?,28?/m0/s1. The lowest BCUT2D eigenvalue weighted by molar-refractivity contribution is -0.110. The monoisotopic (exact) mass is 563 g/mol. The number of anilines is 1. The zero-order valence-electron chi connectivity index (χ0n) is 24.2. The van der Waals surface area contributed by atoms with Gasteiger partial charge in [-0.05, 0) is 77.6 Å². The smallest absolute Gasteiger partial charge is 0.226 e. The summed E-state index contributed by atoms with van der Waals surface area (Å²) in [6.07, 6.45) is 7.84. The van der Waals surface area contributed by atoms with Crippen LogP contribution in [0, 0.1) is 11.3 Å². The number of ketones is 1. The van der Waals surface area contributed by atoms with Crippen molar-refractivity contribution in [1.29, 1.82) is 5.26 Å². The number of nitrogens with two attached hydrogens (primary N) is 2. The molecule has 10 heteroatoms. The van der Waals surface area contributed by atoms with E-state index in [1.54, 1.807) is 0 Å². The number of hydrogen-bond donors (Lipinski definition) is 3. The molecule has 4 heterocycles. The van der Waals surface area contributed by atoms with Crippen molar-refractivity contribution in [3.63, 3.8) is 0 Å². The van der Waals surface area contributed by atoms with Crippen LogP contribution in [0.5, 0.6) is 0 Å². The maximum absolute atomic E-state index is 14.3. The van der Waals surface area contributed by atoms with Gasteiger partial charge in [0.05, 0.1) is 11.1 Å². The molecule has 1 fully saturated rings. The van der Waals surface area contributed by atoms with Gasteiger partial charge in [-0.25, -0.2) is 0 Å². The van der Waals surface area contributed by atoms with E-state index >= 15 is 0 Å². The molecule has 0 amide bonds. The van der Waals surface area contributed by atoms with Crippen molar-refractivity contribution in [2.24, 2.45) is 10.7 Å². The third-order valence-electron chi connectivity index (χ3n) is 8.73. The Morgan fingerprint density at radius 3 is 2.80 bits per heavy atom. The molecular formula is C30H41N7O2S. The molecule has 3 aliphatic heterocycles. The average molecular weight is 564 g/mol. The molecule has 40 heavy (non-hydrogen) atoms. The number of Topliss-reactive ketones (excluding diaryl/α,β-unsaturated/α-hetero) is 1. The molecule has 214 valence electrons. The molecule has 0 radical (unpaired) electrons. The van der Waals surface area contributed by atoms with Crippen molar-refractivity contribution >= 4 is 28.0 Å². The number of thiophene rings is 1. The summed E-state index contributed by atoms with van der Waals surface area (Å²) in [5, 5.41) is 13.9. The normalized spacial score (nSPS) is 25.8. The highest BCUT2D eigenvalue weighted by Gasteiger charge is 2.39. The molecule has 0 saturated carbocycles. The Bertz CT molecular complexity index is 1360. The first-order chi connectivity index (χ1) is 19.2. The lowest BCUT2D eigenvalue weighted by atomic mass is 9.80. The number of fused-ring (bicyclic) bond motifs is 2. The molecule has 1 aromatic rings. The van der Waals surface area contributed by atoms with Crippen LogP contribution in [0.15, 0.2) is 39.5 Å². The summed E-state index contributed by atoms with van der Waals surface area (Å²) >= 11 is 1.47. The third-order valence-corrected chi connectivity index (χ3v) is 9.82. The molecule has 4 aliphatic rings. The van der Waals surface area contributed by atoms with E-state index in [1.165, 1.54) is 11.3 Å². The van der Waals surface area contributed by atoms with Crippen LogP contribution in [0.1, 0.15) is 81.2 Å². The summed E-state index contributed by atoms with van der Waals surface area (Å²) < 4.78 is 6.52. The molecule has 5 rings (SSSR count). The lowest BCUT2D eigenvalue weighted by Gasteiger charge is -2.35. The number of nitriles is 1. The van der Waals surface area contributed by atoms with E-state index < -0.39 is 0 Å². The van der Waals surface area contributed by atoms with Gasteiger partial charge in [-0.3, -0.25) is 9.69 Å². The zero-order valence-corrected chi connectivity index (χ0v) is 25.0. The van der Waals surface area contributed by atoms with Crippen LogP contribution < -0.4 is 16.8 Å². The second-order valence-electron chi connectivity index (χ2n) is 11.4. The van der Waals surface area contributed by atoms with Crippen molar-refractivity contribution in [2.75, 3.05) is 26.4 Å². The molecule has 9 nitrogen and oxygen atoms in total. The minimum Gasteiger partial charge on any atom is -0.473 e. The fourth-order valence-corrected chi connectivity index (χ4v) is 7.79. The summed E-state index contributed by atoms with van der Waals surface area (Å²) in [6.45, 7) is 7.19. The topological polar surface area (TPSA) is 133 Å². The van der Waals surface area contributed by atoms with Gasteiger partial charge in [-0.15, -0.1) is 11.3 Å². The molecule has 1 aliphatic carbocycles. The number of nitrogens with one attached hydrogen (secondary N) is 1. The molecule has 4 atom stereocenters. The number of nitrogens with zero attached hydrogens (tertiary/aromatic N) is 4. The van der Waals surface area contributed by atoms with E-state index in [0.29, 0.717) is 46.0 Å². The van der Waals surface area contributed by atoms with Gasteiger partial charge in [0.2, 0.25) is 11.7 Å². The van der Waals surface area contributed by atoms with Gasteiger partial charge in [-0.1, -0.05) is 13.3 Å². The number of hydrogen-bond acceptors (Lipinski definition) is 10. The van der Waals surface area contributed by atoms with Gasteiger partial charge in [0, 0.05) is 40.9 Å². The zero-order chi connectivity index (χ0) is 28.7. The molecular weight excluding hydrogens is 522 g/mol. The number of carbonyl (C=O) groups excluding carboxylic acids is 1. The number of rotatable bonds is 8. The van der Waals surface area contributed by atoms with Crippen LogP contribution in [0.2, 0.25) is 0 Å². The molecule has 1 saturated heterocycles. The van der Waals surface area contributed by atoms with Gasteiger partial charge >= 0.3 is 0 Å². The maximum atomic E-state index is 14.3. The number of amidine groups is 1. The number of aliphatic imine (C=N–C) groups is 1. The summed E-state index contributed by atoms with van der Waals surface area (Å²) in [7, 11) is 4.02. The molecule has 0 aromatic carbocycles. The summed E-state index contributed by atoms with van der Waals surface area (Å²) in [4.78, 5) is 24.5. The van der Waals surface area contributed by atoms with Crippen LogP contribution >= 0.6 is 11.3 Å². The fourth-order valence-electron chi connectivity index (χ4n) is 6.67. The molecule has 1 aromatic heterocycles. The Kier molecular flexibility index (Phi) is 7.98. The minimum absolute atomic E-state index is 0.0710. The maximum Gasteiger partial charge on any atom is 0.226 e. The van der Waals surface area contributed by atoms with Gasteiger partial charge in [0.15, 0.2) is 5.84 Å². The van der Waals surface area contributed by atoms with Gasteiger partial charge < -0.3 is 26.4 Å². The van der Waals surface area contributed by atoms with E-state index in [0.717, 1.165) is 66.8 Å². The Balaban J connectivity index is 1.53. The second kappa shape index (κ2) is 11.3. The first-order valence-corrected chi connectivity index (χ1v) is 15.2. The Labute approximate surface area is 241 Å². The predicted octanol–water partition coefficient (Wildman–Crippen LogP) is 4.09. The summed E-state index contributed by atoms with van der Waals surface area (Å²) in [6, 6.07) is 2.59. The molecule has 5 N–H and O–H groups in total. The van der Waals surface area contributed by atoms with Crippen molar-refractivity contribution in [2.45, 2.75) is 89.9 Å². The van der Waals surface area contributed by atoms with E-state index in [2.05, 4.69) is 36.3 Å². The first-order valence-electron chi connectivity index (χ1n) is 14.4. The minimum atomic E-state index is -0.243. The number of likely N-dealkylation sites (tertiary alicyclic amines) is 1. The Morgan fingerprint density at radius 2 is 2.12 bits per heavy atom. The van der Waals surface area contributed by atoms with Crippen molar-refractivity contribution < 1.29 is 9.53 Å². The summed E-state index contributed by atoms with van der Waals surface area (Å²) in [5.74, 6) is 0.419. The highest BCUT2D eigenvalue weighted by atomic mass is 32.1. The highest BCUT2D eigenvalue weighted by molar-refractivity contribution is 7.16. The SMILES string of the molecule is CCC/C(C(=O)C1=NC(OC(C)C2CCCN2C)=C2C=C(C)NC2N1C)=C(/N)[C@H]1CCCc2sc(N)c(C#N)c21. The van der Waals surface area contributed by atoms with E-state index in [1.807, 2.05) is 25.8 Å². The lowest BCUT2D eigenvalue weighted by Crippen LogP contribution is -2.50. The van der Waals surface area contributed by atoms with Gasteiger partial charge in [0.25, 0.3) is 0 Å². The number of carbonyl (C=O) groups is 1. The fraction of sp³-hybridized carbons (Fsp3) is 0.567. The quantitative estimate of drug-likeness (QED) is 0.403. The number of likely N-dealkylation sites (N-methyl/N-ethyl adjacent to an activating group) is 2. The van der Waals surface area contributed by atoms with Crippen molar-refractivity contribution in [3.05, 3.63) is 50.5 Å². The van der Waals surface area contributed by atoms with Crippen LogP contribution in [-0.2, 0) is 16.0 Å². The number of aryl methyl sites for hydroxylation is 1. The predicted molar refractivity (Wildman–Crippen MR) is 159 cm³/mol. The molecule has 0 spiro atoms. The van der Waals surface area contributed by atoms with Crippen LogP contribution in [0.4, 0.5) is 5.00 Å². The largest absolute Gasteiger partial charge is 0.473 e. The molecule has 0 bridgehead atoms. The van der Waals surface area contributed by atoms with Gasteiger partial charge in [0.1, 0.15) is 23.3 Å². The van der Waals surface area contributed by atoms with Crippen molar-refractivity contribution in [3.8, 4) is 6.07 Å². The van der Waals surface area contributed by atoms with E-state index in [9.17, 15) is 10.1 Å². The van der Waals surface area contributed by atoms with E-state index in [-0.39, 0.29) is 24.0 Å². The Hall–Kier alpha value is -3.29. The van der Waals surface area contributed by atoms with Crippen LogP contribution in [-0.4, -0.2) is 60.4 Å². The highest BCUT2D eigenvalue weighted by Crippen LogP contribution is 2.45. The molecule has 3 unspecified atom stereocenters. The first kappa shape index (κ1) is 28.2. The van der Waals surface area contributed by atoms with Crippen LogP contribution in [0.25, 0.3) is 0 Å². The van der Waals surface area contributed by atoms with Gasteiger partial charge in [-0.2, -0.15) is 10.3 Å². The second-order valence-corrected chi connectivity index (χ2v) is 12.6. The Morgan fingerprint density at radius 1 is 1.35 bits per heavy atom. The van der Waals surface area contributed by atoms with Crippen LogP contribution in [0.3, 0.4) is 0 Å². The summed E-state index contributed by atoms with van der Waals surface area (Å²) in [5.41, 5.74) is 17.5. The third kappa shape index (κ3) is 4.90.